The zero-order valence-corrected chi connectivity index (χ0v) is 14.3. The zero-order chi connectivity index (χ0) is 17.9. The van der Waals surface area contributed by atoms with Gasteiger partial charge >= 0.3 is 6.18 Å². The van der Waals surface area contributed by atoms with Gasteiger partial charge in [-0.25, -0.2) is 0 Å². The van der Waals surface area contributed by atoms with Gasteiger partial charge in [0.15, 0.2) is 0 Å². The van der Waals surface area contributed by atoms with Crippen molar-refractivity contribution in [3.05, 3.63) is 42.0 Å². The van der Waals surface area contributed by atoms with E-state index in [2.05, 4.69) is 10.2 Å². The van der Waals surface area contributed by atoms with Gasteiger partial charge in [-0.1, -0.05) is 18.2 Å². The minimum atomic E-state index is -4.13. The molecule has 0 aromatic heterocycles. The number of benzene rings is 2. The van der Waals surface area contributed by atoms with E-state index in [9.17, 15) is 13.2 Å². The number of methoxy groups -OCH3 is 1. The molecule has 0 amide bonds. The van der Waals surface area contributed by atoms with Crippen LogP contribution >= 0.6 is 0 Å². The Kier molecular flexibility index (Phi) is 5.49. The Hall–Kier alpha value is -1.79. The van der Waals surface area contributed by atoms with Gasteiger partial charge in [0, 0.05) is 38.6 Å². The Balaban J connectivity index is 1.89. The maximum Gasteiger partial charge on any atom is 0.389 e. The average Bonchev–Trinajstić information content (AvgIpc) is 2.61. The van der Waals surface area contributed by atoms with Crippen LogP contribution in [-0.2, 0) is 0 Å². The third-order valence-corrected chi connectivity index (χ3v) is 4.75. The third kappa shape index (κ3) is 4.64. The Bertz CT molecular complexity index is 711. The Morgan fingerprint density at radius 1 is 1.08 bits per heavy atom. The van der Waals surface area contributed by atoms with Crippen molar-refractivity contribution >= 4 is 10.8 Å². The summed E-state index contributed by atoms with van der Waals surface area (Å²) in [4.78, 5) is 2.16. The number of fused-ring (bicyclic) bond motifs is 1. The third-order valence-electron chi connectivity index (χ3n) is 4.75. The second kappa shape index (κ2) is 7.62. The molecule has 6 heteroatoms. The lowest BCUT2D eigenvalue weighted by atomic mass is 9.96. The van der Waals surface area contributed by atoms with E-state index in [4.69, 9.17) is 4.74 Å². The minimum Gasteiger partial charge on any atom is -0.497 e. The Morgan fingerprint density at radius 3 is 2.44 bits per heavy atom. The summed E-state index contributed by atoms with van der Waals surface area (Å²) in [6, 6.07) is 11.5. The molecule has 1 heterocycles. The summed E-state index contributed by atoms with van der Waals surface area (Å²) >= 11 is 0. The van der Waals surface area contributed by atoms with Crippen LogP contribution in [0.5, 0.6) is 5.75 Å². The van der Waals surface area contributed by atoms with Crippen molar-refractivity contribution in [1.82, 2.24) is 10.2 Å². The van der Waals surface area contributed by atoms with Gasteiger partial charge in [-0.2, -0.15) is 13.2 Å². The number of rotatable bonds is 5. The predicted octanol–water partition coefficient (Wildman–Crippen LogP) is 4.14. The van der Waals surface area contributed by atoms with Gasteiger partial charge in [-0.3, -0.25) is 4.90 Å². The molecule has 0 spiro atoms. The molecule has 0 aliphatic carbocycles. The molecule has 3 rings (SSSR count). The lowest BCUT2D eigenvalue weighted by Crippen LogP contribution is -2.45. The number of alkyl halides is 3. The predicted molar refractivity (Wildman–Crippen MR) is 93.0 cm³/mol. The van der Waals surface area contributed by atoms with E-state index in [0.29, 0.717) is 0 Å². The van der Waals surface area contributed by atoms with Crippen LogP contribution in [0.25, 0.3) is 10.8 Å². The fourth-order valence-electron chi connectivity index (χ4n) is 3.43. The first-order chi connectivity index (χ1) is 12.0. The van der Waals surface area contributed by atoms with Crippen molar-refractivity contribution < 1.29 is 17.9 Å². The van der Waals surface area contributed by atoms with Crippen molar-refractivity contribution in [3.8, 4) is 5.75 Å². The number of hydrogen-bond donors (Lipinski definition) is 1. The van der Waals surface area contributed by atoms with Crippen LogP contribution in [0.4, 0.5) is 13.2 Å². The highest BCUT2D eigenvalue weighted by atomic mass is 19.4. The SMILES string of the molecule is COc1ccc2cc([C@H](CCC(F)(F)F)N3CCNCC3)ccc2c1. The standard InChI is InChI=1S/C19H23F3N2O/c1-25-17-5-4-14-12-16(3-2-15(14)13-17)18(6-7-19(20,21)22)24-10-8-23-9-11-24/h2-5,12-13,18,23H,6-11H2,1H3/t18-/m0/s1. The van der Waals surface area contributed by atoms with Crippen molar-refractivity contribution in [2.75, 3.05) is 33.3 Å². The van der Waals surface area contributed by atoms with E-state index >= 15 is 0 Å². The maximum absolute atomic E-state index is 12.8. The lowest BCUT2D eigenvalue weighted by molar-refractivity contribution is -0.138. The summed E-state index contributed by atoms with van der Waals surface area (Å²) in [5, 5.41) is 5.30. The molecule has 0 radical (unpaired) electrons. The second-order valence-electron chi connectivity index (χ2n) is 6.43. The molecule has 0 unspecified atom stereocenters. The Labute approximate surface area is 145 Å². The van der Waals surface area contributed by atoms with Crippen LogP contribution in [0, 0.1) is 0 Å². The first-order valence-electron chi connectivity index (χ1n) is 8.55. The molecular weight excluding hydrogens is 329 g/mol. The van der Waals surface area contributed by atoms with Gasteiger partial charge in [0.1, 0.15) is 5.75 Å². The normalized spacial score (nSPS) is 17.6. The first kappa shape index (κ1) is 18.0. The first-order valence-corrected chi connectivity index (χ1v) is 8.55. The summed E-state index contributed by atoms with van der Waals surface area (Å²) < 4.78 is 43.6. The average molecular weight is 352 g/mol. The van der Waals surface area contributed by atoms with Crippen molar-refractivity contribution in [3.63, 3.8) is 0 Å². The highest BCUT2D eigenvalue weighted by molar-refractivity contribution is 5.84. The summed E-state index contributed by atoms with van der Waals surface area (Å²) in [7, 11) is 1.62. The van der Waals surface area contributed by atoms with Crippen LogP contribution < -0.4 is 10.1 Å². The van der Waals surface area contributed by atoms with E-state index in [1.54, 1.807) is 7.11 Å². The summed E-state index contributed by atoms with van der Waals surface area (Å²) in [5.41, 5.74) is 0.948. The largest absolute Gasteiger partial charge is 0.497 e. The molecule has 3 nitrogen and oxygen atoms in total. The molecule has 1 aliphatic heterocycles. The smallest absolute Gasteiger partial charge is 0.389 e. The highest BCUT2D eigenvalue weighted by Gasteiger charge is 2.31. The number of halogens is 3. The van der Waals surface area contributed by atoms with Gasteiger partial charge in [0.2, 0.25) is 0 Å². The molecule has 0 saturated carbocycles. The Morgan fingerprint density at radius 2 is 1.76 bits per heavy atom. The fraction of sp³-hybridized carbons (Fsp3) is 0.474. The van der Waals surface area contributed by atoms with Crippen molar-refractivity contribution in [2.45, 2.75) is 25.1 Å². The molecule has 0 bridgehead atoms. The summed E-state index contributed by atoms with van der Waals surface area (Å²) in [5.74, 6) is 0.774. The van der Waals surface area contributed by atoms with Gasteiger partial charge in [-0.05, 0) is 41.0 Å². The molecule has 1 aliphatic rings. The van der Waals surface area contributed by atoms with Gasteiger partial charge in [-0.15, -0.1) is 0 Å². The molecule has 25 heavy (non-hydrogen) atoms. The lowest BCUT2D eigenvalue weighted by Gasteiger charge is -2.35. The molecule has 1 N–H and O–H groups in total. The molecular formula is C19H23F3N2O. The van der Waals surface area contributed by atoms with Gasteiger partial charge < -0.3 is 10.1 Å². The second-order valence-corrected chi connectivity index (χ2v) is 6.43. The van der Waals surface area contributed by atoms with Crippen LogP contribution in [-0.4, -0.2) is 44.4 Å². The van der Waals surface area contributed by atoms with Crippen LogP contribution in [0.15, 0.2) is 36.4 Å². The molecule has 2 aromatic rings. The van der Waals surface area contributed by atoms with E-state index < -0.39 is 12.6 Å². The van der Waals surface area contributed by atoms with Crippen molar-refractivity contribution in [2.24, 2.45) is 0 Å². The molecule has 1 atom stereocenters. The van der Waals surface area contributed by atoms with Crippen molar-refractivity contribution in [1.29, 1.82) is 0 Å². The van der Waals surface area contributed by atoms with Crippen LogP contribution in [0.2, 0.25) is 0 Å². The van der Waals surface area contributed by atoms with E-state index in [-0.39, 0.29) is 12.5 Å². The molecule has 1 fully saturated rings. The number of nitrogens with zero attached hydrogens (tertiary/aromatic N) is 1. The van der Waals surface area contributed by atoms with E-state index in [1.165, 1.54) is 0 Å². The van der Waals surface area contributed by atoms with E-state index in [0.717, 1.165) is 48.3 Å². The summed E-state index contributed by atoms with van der Waals surface area (Å²) in [6.45, 7) is 3.16. The molecule has 2 aromatic carbocycles. The molecule has 136 valence electrons. The van der Waals surface area contributed by atoms with Gasteiger partial charge in [0.05, 0.1) is 7.11 Å². The molecule has 1 saturated heterocycles. The summed E-state index contributed by atoms with van der Waals surface area (Å²) in [6.07, 6.45) is -4.80. The minimum absolute atomic E-state index is 0.0885. The van der Waals surface area contributed by atoms with E-state index in [1.807, 2.05) is 36.4 Å². The number of nitrogens with one attached hydrogen (secondary N) is 1. The number of ether oxygens (including phenoxy) is 1. The number of hydrogen-bond acceptors (Lipinski definition) is 3. The maximum atomic E-state index is 12.8. The quantitative estimate of drug-likeness (QED) is 0.875. The van der Waals surface area contributed by atoms with Gasteiger partial charge in [0.25, 0.3) is 0 Å². The highest BCUT2D eigenvalue weighted by Crippen LogP contribution is 2.33. The van der Waals surface area contributed by atoms with Crippen LogP contribution in [0.1, 0.15) is 24.4 Å². The number of piperazine rings is 1. The fourth-order valence-corrected chi connectivity index (χ4v) is 3.43. The topological polar surface area (TPSA) is 24.5 Å². The zero-order valence-electron chi connectivity index (χ0n) is 14.3. The monoisotopic (exact) mass is 352 g/mol. The van der Waals surface area contributed by atoms with Crippen LogP contribution in [0.3, 0.4) is 0 Å².